The van der Waals surface area contributed by atoms with Gasteiger partial charge in [-0.2, -0.15) is 0 Å². The van der Waals surface area contributed by atoms with E-state index in [0.29, 0.717) is 12.7 Å². The van der Waals surface area contributed by atoms with Crippen molar-refractivity contribution in [3.05, 3.63) is 0 Å². The van der Waals surface area contributed by atoms with E-state index in [2.05, 4.69) is 0 Å². The molecule has 0 spiro atoms. The third kappa shape index (κ3) is 1.91. The molecule has 0 radical (unpaired) electrons. The van der Waals surface area contributed by atoms with Crippen molar-refractivity contribution >= 4 is 6.29 Å². The second-order valence-electron chi connectivity index (χ2n) is 1.05. The van der Waals surface area contributed by atoms with Crippen LogP contribution in [0.25, 0.3) is 0 Å². The van der Waals surface area contributed by atoms with E-state index >= 15 is 0 Å². The lowest BCUT2D eigenvalue weighted by atomic mass is 10.3. The van der Waals surface area contributed by atoms with Crippen molar-refractivity contribution in [2.45, 2.75) is 19.4 Å². The zero-order valence-corrected chi connectivity index (χ0v) is 3.77. The Kier molecular flexibility index (Phi) is 1.81. The Labute approximate surface area is 38.7 Å². The maximum Gasteiger partial charge on any atom is 0.136 e. The van der Waals surface area contributed by atoms with Gasteiger partial charge in [-0.25, -0.2) is 0 Å². The van der Waals surface area contributed by atoms with Crippen LogP contribution in [-0.4, -0.2) is 12.3 Å². The molecule has 0 aromatic carbocycles. The number of hydrogen-bond acceptors (Lipinski definition) is 2. The summed E-state index contributed by atoms with van der Waals surface area (Å²) in [5, 5.41) is 0. The molecule has 0 aliphatic heterocycles. The van der Waals surface area contributed by atoms with Crippen LogP contribution in [0.15, 0.2) is 0 Å². The molecular weight excluding hydrogens is 78.0 g/mol. The van der Waals surface area contributed by atoms with Crippen LogP contribution in [0.1, 0.15) is 14.7 Å². The van der Waals surface area contributed by atoms with Crippen LogP contribution in [0.4, 0.5) is 0 Å². The fourth-order valence-corrected chi connectivity index (χ4v) is 0.0833. The van der Waals surface area contributed by atoms with Gasteiger partial charge in [0.2, 0.25) is 0 Å². The normalized spacial score (nSPS) is 21.3. The van der Waals surface area contributed by atoms with Gasteiger partial charge in [0.05, 0.1) is 7.39 Å². The number of carbonyl (C=O) groups is 1. The summed E-state index contributed by atoms with van der Waals surface area (Å²) in [6, 6.07) is -1.35. The average molecular weight is 88.1 g/mol. The van der Waals surface area contributed by atoms with Crippen LogP contribution in [0.2, 0.25) is 0 Å². The van der Waals surface area contributed by atoms with E-state index in [-0.39, 0.29) is 0 Å². The molecule has 0 saturated carbocycles. The van der Waals surface area contributed by atoms with Crippen molar-refractivity contribution in [3.8, 4) is 0 Å². The van der Waals surface area contributed by atoms with Crippen LogP contribution in [0.3, 0.4) is 0 Å². The Hall–Kier alpha value is -0.370. The van der Waals surface area contributed by atoms with Crippen LogP contribution in [-0.2, 0) is 4.79 Å². The quantitative estimate of drug-likeness (QED) is 0.480. The van der Waals surface area contributed by atoms with E-state index in [1.54, 1.807) is 6.92 Å². The van der Waals surface area contributed by atoms with Crippen molar-refractivity contribution in [2.24, 2.45) is 5.73 Å². The van der Waals surface area contributed by atoms with Gasteiger partial charge in [0.25, 0.3) is 0 Å². The van der Waals surface area contributed by atoms with Crippen molar-refractivity contribution in [3.63, 3.8) is 0 Å². The first-order valence-corrected chi connectivity index (χ1v) is 1.87. The van der Waals surface area contributed by atoms with E-state index in [1.165, 1.54) is 0 Å². The van der Waals surface area contributed by atoms with E-state index in [9.17, 15) is 4.79 Å². The van der Waals surface area contributed by atoms with Crippen LogP contribution in [0.5, 0.6) is 0 Å². The lowest BCUT2D eigenvalue weighted by molar-refractivity contribution is -0.108. The lowest BCUT2D eigenvalue weighted by Crippen LogP contribution is -2.19. The Morgan fingerprint density at radius 3 is 2.83 bits per heavy atom. The molecule has 0 heterocycles. The minimum absolute atomic E-state index is 0.372. The molecule has 0 aromatic rings. The fourth-order valence-electron chi connectivity index (χ4n) is 0.0833. The molecule has 2 N–H and O–H groups in total. The average Bonchev–Trinajstić information content (AvgIpc) is 1.68. The van der Waals surface area contributed by atoms with Crippen LogP contribution < -0.4 is 5.73 Å². The van der Waals surface area contributed by atoms with E-state index < -0.39 is 6.02 Å². The predicted molar refractivity (Wildman–Crippen MR) is 24.3 cm³/mol. The molecule has 0 aromatic heterocycles. The molecular formula is C4H9NO. The molecule has 1 atom stereocenters. The van der Waals surface area contributed by atoms with Crippen molar-refractivity contribution in [1.82, 2.24) is 0 Å². The molecule has 0 bridgehead atoms. The number of nitrogens with two attached hydrogens (primary N) is 1. The highest BCUT2D eigenvalue weighted by molar-refractivity contribution is 5.56. The summed E-state index contributed by atoms with van der Waals surface area (Å²) < 4.78 is 6.83. The fraction of sp³-hybridized carbons (Fsp3) is 0.750. The minimum Gasteiger partial charge on any atom is -0.322 e. The Balaban J connectivity index is 3.58. The van der Waals surface area contributed by atoms with Crippen molar-refractivity contribution in [1.29, 1.82) is 0 Å². The highest BCUT2D eigenvalue weighted by atomic mass is 16.1. The molecule has 6 heavy (non-hydrogen) atoms. The van der Waals surface area contributed by atoms with Gasteiger partial charge in [-0.3, -0.25) is 0 Å². The third-order valence-corrected chi connectivity index (χ3v) is 0.560. The molecule has 36 valence electrons. The number of aldehydes is 1. The Morgan fingerprint density at radius 2 is 2.83 bits per heavy atom. The molecule has 0 aliphatic carbocycles. The maximum absolute atomic E-state index is 9.75. The molecule has 1 unspecified atom stereocenters. The van der Waals surface area contributed by atoms with E-state index in [4.69, 9.17) is 7.10 Å². The second kappa shape index (κ2) is 2.85. The van der Waals surface area contributed by atoms with Gasteiger partial charge in [0.15, 0.2) is 0 Å². The van der Waals surface area contributed by atoms with Gasteiger partial charge in [-0.05, 0) is 6.42 Å². The third-order valence-electron chi connectivity index (χ3n) is 0.560. The smallest absolute Gasteiger partial charge is 0.136 e. The number of carbonyl (C=O) groups excluding carboxylic acids is 1. The van der Waals surface area contributed by atoms with Crippen molar-refractivity contribution in [2.75, 3.05) is 0 Å². The summed E-state index contributed by atoms with van der Waals surface area (Å²) in [7, 11) is 0. The highest BCUT2D eigenvalue weighted by Gasteiger charge is 1.89. The molecule has 2 nitrogen and oxygen atoms in total. The number of hydrogen-bond donors (Lipinski definition) is 1. The molecule has 0 amide bonds. The van der Waals surface area contributed by atoms with Crippen LogP contribution in [0, 0.1) is 0 Å². The molecule has 0 fully saturated rings. The van der Waals surface area contributed by atoms with Gasteiger partial charge in [-0.1, -0.05) is 6.92 Å². The van der Waals surface area contributed by atoms with Crippen LogP contribution >= 0.6 is 0 Å². The van der Waals surface area contributed by atoms with Gasteiger partial charge >= 0.3 is 0 Å². The summed E-state index contributed by atoms with van der Waals surface area (Å²) in [5.74, 6) is 0. The largest absolute Gasteiger partial charge is 0.322 e. The van der Waals surface area contributed by atoms with Crippen molar-refractivity contribution < 1.29 is 6.17 Å². The second-order valence-corrected chi connectivity index (χ2v) is 1.05. The summed E-state index contributed by atoms with van der Waals surface area (Å²) in [4.78, 5) is 9.75. The summed E-state index contributed by atoms with van der Waals surface area (Å²) in [6.07, 6.45) is 0.809. The Bertz CT molecular complexity index is 72.1. The zero-order chi connectivity index (χ0) is 5.91. The topological polar surface area (TPSA) is 43.1 Å². The molecule has 2 heteroatoms. The SMILES string of the molecule is [2H]C(N)(C=O)CC. The lowest BCUT2D eigenvalue weighted by Gasteiger charge is -1.90. The first-order chi connectivity index (χ1) is 3.12. The molecule has 0 rings (SSSR count). The minimum atomic E-state index is -1.35. The van der Waals surface area contributed by atoms with Gasteiger partial charge in [-0.15, -0.1) is 0 Å². The van der Waals surface area contributed by atoms with E-state index in [1.807, 2.05) is 0 Å². The van der Waals surface area contributed by atoms with Gasteiger partial charge < -0.3 is 10.5 Å². The van der Waals surface area contributed by atoms with E-state index in [0.717, 1.165) is 0 Å². The highest BCUT2D eigenvalue weighted by Crippen LogP contribution is 1.75. The zero-order valence-electron chi connectivity index (χ0n) is 4.77. The maximum atomic E-state index is 9.75. The predicted octanol–water partition coefficient (Wildman–Crippen LogP) is -0.0774. The monoisotopic (exact) mass is 88.1 g/mol. The molecule has 0 saturated heterocycles. The summed E-state index contributed by atoms with van der Waals surface area (Å²) >= 11 is 0. The number of rotatable bonds is 2. The summed E-state index contributed by atoms with van der Waals surface area (Å²) in [5.41, 5.74) is 5.01. The first-order valence-electron chi connectivity index (χ1n) is 2.37. The van der Waals surface area contributed by atoms with Gasteiger partial charge in [0.1, 0.15) is 6.29 Å². The Morgan fingerprint density at radius 1 is 2.33 bits per heavy atom. The first kappa shape index (κ1) is 3.81. The van der Waals surface area contributed by atoms with Gasteiger partial charge in [0, 0.05) is 0 Å². The summed E-state index contributed by atoms with van der Waals surface area (Å²) in [6.45, 7) is 1.70. The standard InChI is InChI=1S/C4H9NO/c1-2-4(5)3-6/h3-4H,2,5H2,1H3/i4D. The molecule has 0 aliphatic rings.